The Labute approximate surface area is 47.9 Å². The van der Waals surface area contributed by atoms with Crippen molar-refractivity contribution in [2.45, 2.75) is 0 Å². The minimum Gasteiger partial charge on any atom is -0.250 e. The summed E-state index contributed by atoms with van der Waals surface area (Å²) < 4.78 is 33.4. The fraction of sp³-hybridized carbons (Fsp3) is 1.00. The summed E-state index contributed by atoms with van der Waals surface area (Å²) in [4.78, 5) is 0. The van der Waals surface area contributed by atoms with E-state index in [4.69, 9.17) is 0 Å². The van der Waals surface area contributed by atoms with Crippen molar-refractivity contribution in [3.63, 3.8) is 0 Å². The van der Waals surface area contributed by atoms with Crippen LogP contribution in [0.5, 0.6) is 0 Å². The monoisotopic (exact) mass is 141 g/mol. The van der Waals surface area contributed by atoms with Gasteiger partial charge in [0.25, 0.3) is 0 Å². The Bertz CT molecular complexity index is 141. The van der Waals surface area contributed by atoms with E-state index in [1.807, 2.05) is 4.72 Å². The van der Waals surface area contributed by atoms with Gasteiger partial charge in [-0.1, -0.05) is 0 Å². The summed E-state index contributed by atoms with van der Waals surface area (Å²) in [5.41, 5.74) is 0. The van der Waals surface area contributed by atoms with Crippen molar-refractivity contribution in [2.24, 2.45) is 0 Å². The van der Waals surface area contributed by atoms with Gasteiger partial charge in [0, 0.05) is 6.54 Å². The fourth-order valence-corrected chi connectivity index (χ4v) is 0.672. The van der Waals surface area contributed by atoms with Crippen LogP contribution in [0.1, 0.15) is 0 Å². The largest absolute Gasteiger partial charge is 0.250 e. The minimum absolute atomic E-state index is 0.126. The Morgan fingerprint density at radius 3 is 2.25 bits per heavy atom. The number of halogens is 1. The molecule has 8 heavy (non-hydrogen) atoms. The lowest BCUT2D eigenvalue weighted by Crippen LogP contribution is -2.23. The highest BCUT2D eigenvalue weighted by molar-refractivity contribution is 7.88. The third-order valence-corrected chi connectivity index (χ3v) is 1.19. The van der Waals surface area contributed by atoms with Gasteiger partial charge >= 0.3 is 0 Å². The van der Waals surface area contributed by atoms with Gasteiger partial charge in [-0.05, 0) is 0 Å². The summed E-state index contributed by atoms with van der Waals surface area (Å²) in [6.45, 7) is -0.786. The van der Waals surface area contributed by atoms with E-state index in [0.29, 0.717) is 0 Å². The molecule has 0 heterocycles. The van der Waals surface area contributed by atoms with Crippen molar-refractivity contribution < 1.29 is 12.8 Å². The van der Waals surface area contributed by atoms with Crippen LogP contribution in [-0.4, -0.2) is 27.9 Å². The maximum absolute atomic E-state index is 11.2. The van der Waals surface area contributed by atoms with Crippen molar-refractivity contribution >= 4 is 10.0 Å². The molecular weight excluding hydrogens is 133 g/mol. The highest BCUT2D eigenvalue weighted by atomic mass is 32.2. The lowest BCUT2D eigenvalue weighted by molar-refractivity contribution is 0.487. The average Bonchev–Trinajstić information content (AvgIpc) is 1.59. The maximum atomic E-state index is 11.2. The summed E-state index contributed by atoms with van der Waals surface area (Å²) in [5, 5.41) is 0. The topological polar surface area (TPSA) is 46.2 Å². The van der Waals surface area contributed by atoms with Crippen LogP contribution in [-0.2, 0) is 10.0 Å². The first-order chi connectivity index (χ1) is 3.56. The molecule has 0 saturated heterocycles. The van der Waals surface area contributed by atoms with Gasteiger partial charge in [-0.2, -0.15) is 0 Å². The lowest BCUT2D eigenvalue weighted by atomic mass is 10.8. The molecule has 0 aromatic heterocycles. The molecule has 3 nitrogen and oxygen atoms in total. The quantitative estimate of drug-likeness (QED) is 0.576. The molecule has 5 heteroatoms. The van der Waals surface area contributed by atoms with E-state index in [0.717, 1.165) is 6.26 Å². The van der Waals surface area contributed by atoms with Gasteiger partial charge in [0.2, 0.25) is 10.0 Å². The van der Waals surface area contributed by atoms with Crippen LogP contribution in [0.3, 0.4) is 0 Å². The molecule has 0 amide bonds. The van der Waals surface area contributed by atoms with Gasteiger partial charge in [0.1, 0.15) is 6.67 Å². The van der Waals surface area contributed by atoms with Crippen LogP contribution >= 0.6 is 0 Å². The fourth-order valence-electron chi connectivity index (χ4n) is 0.224. The number of hydrogen-bond acceptors (Lipinski definition) is 2. The number of alkyl halides is 1. The predicted molar refractivity (Wildman–Crippen MR) is 28.8 cm³/mol. The standard InChI is InChI=1S/C3H8FNO2S/c1-8(6,7)5-3-2-4/h5H,2-3H2,1H3. The Morgan fingerprint density at radius 1 is 1.62 bits per heavy atom. The van der Waals surface area contributed by atoms with Crippen molar-refractivity contribution in [3.8, 4) is 0 Å². The number of rotatable bonds is 3. The molecule has 0 aliphatic heterocycles. The average molecular weight is 141 g/mol. The maximum Gasteiger partial charge on any atom is 0.208 e. The second-order valence-electron chi connectivity index (χ2n) is 1.36. The number of hydrogen-bond donors (Lipinski definition) is 1. The van der Waals surface area contributed by atoms with Crippen molar-refractivity contribution in [3.05, 3.63) is 0 Å². The summed E-state index contributed by atoms with van der Waals surface area (Å²) in [6, 6.07) is 0. The third-order valence-electron chi connectivity index (χ3n) is 0.459. The van der Waals surface area contributed by atoms with E-state index in [1.165, 1.54) is 0 Å². The van der Waals surface area contributed by atoms with Gasteiger partial charge < -0.3 is 0 Å². The molecule has 0 rings (SSSR count). The van der Waals surface area contributed by atoms with Crippen LogP contribution in [0.2, 0.25) is 0 Å². The SMILES string of the molecule is CS(=O)(=O)NCCF. The number of nitrogens with one attached hydrogen (secondary N) is 1. The molecule has 0 atom stereocenters. The summed E-state index contributed by atoms with van der Waals surface area (Å²) in [6.07, 6.45) is 0.989. The molecular formula is C3H8FNO2S. The first-order valence-corrected chi connectivity index (χ1v) is 3.96. The zero-order chi connectivity index (χ0) is 6.62. The molecule has 0 saturated carbocycles. The molecule has 0 unspecified atom stereocenters. The van der Waals surface area contributed by atoms with E-state index in [1.54, 1.807) is 0 Å². The van der Waals surface area contributed by atoms with Gasteiger partial charge in [-0.15, -0.1) is 0 Å². The molecule has 0 aliphatic rings. The highest BCUT2D eigenvalue weighted by Crippen LogP contribution is 1.71. The first-order valence-electron chi connectivity index (χ1n) is 2.07. The molecule has 0 bridgehead atoms. The predicted octanol–water partition coefficient (Wildman–Crippen LogP) is -0.495. The number of sulfonamides is 1. The van der Waals surface area contributed by atoms with E-state index in [2.05, 4.69) is 0 Å². The summed E-state index contributed by atoms with van der Waals surface area (Å²) >= 11 is 0. The highest BCUT2D eigenvalue weighted by Gasteiger charge is 1.95. The van der Waals surface area contributed by atoms with E-state index < -0.39 is 16.7 Å². The second kappa shape index (κ2) is 2.99. The van der Waals surface area contributed by atoms with Gasteiger partial charge in [-0.3, -0.25) is 0 Å². The van der Waals surface area contributed by atoms with Crippen molar-refractivity contribution in [1.82, 2.24) is 4.72 Å². The van der Waals surface area contributed by atoms with Gasteiger partial charge in [-0.25, -0.2) is 17.5 Å². The molecule has 0 aromatic carbocycles. The Balaban J connectivity index is 3.42. The van der Waals surface area contributed by atoms with E-state index in [-0.39, 0.29) is 6.54 Å². The third kappa shape index (κ3) is 5.84. The van der Waals surface area contributed by atoms with Gasteiger partial charge in [0.05, 0.1) is 6.26 Å². The Kier molecular flexibility index (Phi) is 2.93. The van der Waals surface area contributed by atoms with Crippen LogP contribution in [0.15, 0.2) is 0 Å². The zero-order valence-corrected chi connectivity index (χ0v) is 5.33. The van der Waals surface area contributed by atoms with E-state index >= 15 is 0 Å². The minimum atomic E-state index is -3.18. The molecule has 0 aromatic rings. The molecule has 0 aliphatic carbocycles. The van der Waals surface area contributed by atoms with Crippen LogP contribution in [0.4, 0.5) is 4.39 Å². The van der Waals surface area contributed by atoms with Gasteiger partial charge in [0.15, 0.2) is 0 Å². The second-order valence-corrected chi connectivity index (χ2v) is 3.19. The summed E-state index contributed by atoms with van der Waals surface area (Å²) in [5.74, 6) is 0. The van der Waals surface area contributed by atoms with Crippen LogP contribution < -0.4 is 4.72 Å². The molecule has 1 N–H and O–H groups in total. The molecule has 50 valence electrons. The Morgan fingerprint density at radius 2 is 2.12 bits per heavy atom. The Hall–Kier alpha value is -0.160. The van der Waals surface area contributed by atoms with Crippen molar-refractivity contribution in [1.29, 1.82) is 0 Å². The molecule has 0 radical (unpaired) electrons. The lowest BCUT2D eigenvalue weighted by Gasteiger charge is -1.93. The van der Waals surface area contributed by atoms with Crippen LogP contribution in [0.25, 0.3) is 0 Å². The van der Waals surface area contributed by atoms with Crippen molar-refractivity contribution in [2.75, 3.05) is 19.5 Å². The normalized spacial score (nSPS) is 11.8. The first kappa shape index (κ1) is 7.84. The summed E-state index contributed by atoms with van der Waals surface area (Å²) in [7, 11) is -3.18. The molecule has 0 fully saturated rings. The zero-order valence-electron chi connectivity index (χ0n) is 4.52. The molecule has 0 spiro atoms. The smallest absolute Gasteiger partial charge is 0.208 e. The van der Waals surface area contributed by atoms with E-state index in [9.17, 15) is 12.8 Å². The van der Waals surface area contributed by atoms with Crippen LogP contribution in [0, 0.1) is 0 Å².